The van der Waals surface area contributed by atoms with E-state index in [-0.39, 0.29) is 10.8 Å². The predicted octanol–water partition coefficient (Wildman–Crippen LogP) is 7.35. The van der Waals surface area contributed by atoms with Crippen LogP contribution in [0.25, 0.3) is 17.0 Å². The van der Waals surface area contributed by atoms with Gasteiger partial charge in [-0.1, -0.05) is 52.8 Å². The Morgan fingerprint density at radius 2 is 1.87 bits per heavy atom. The first kappa shape index (κ1) is 23.2. The van der Waals surface area contributed by atoms with Gasteiger partial charge in [0.25, 0.3) is 0 Å². The summed E-state index contributed by atoms with van der Waals surface area (Å²) in [4.78, 5) is 0. The normalized spacial score (nSPS) is 18.5. The van der Waals surface area contributed by atoms with Gasteiger partial charge in [-0.2, -0.15) is 0 Å². The van der Waals surface area contributed by atoms with Crippen LogP contribution in [0.4, 0.5) is 0 Å². The SMILES string of the molecule is Cc1ccc2cc(/C=C/C3=C(OCCOCC(C)(C)C)C(=C/O)/CC(C)(C)C3)oc2c1. The van der Waals surface area contributed by atoms with Crippen molar-refractivity contribution in [3.05, 3.63) is 64.8 Å². The first-order valence-electron chi connectivity index (χ1n) is 11.0. The molecule has 1 aliphatic rings. The predicted molar refractivity (Wildman–Crippen MR) is 127 cm³/mol. The molecule has 0 saturated carbocycles. The van der Waals surface area contributed by atoms with Crippen LogP contribution in [0.3, 0.4) is 0 Å². The van der Waals surface area contributed by atoms with Crippen LogP contribution in [0.5, 0.6) is 0 Å². The third-order valence-corrected chi connectivity index (χ3v) is 5.23. The van der Waals surface area contributed by atoms with Crippen molar-refractivity contribution >= 4 is 17.0 Å². The van der Waals surface area contributed by atoms with Gasteiger partial charge in [-0.05, 0) is 59.9 Å². The molecule has 0 aliphatic heterocycles. The number of hydrogen-bond donors (Lipinski definition) is 1. The summed E-state index contributed by atoms with van der Waals surface area (Å²) in [7, 11) is 0. The first-order valence-corrected chi connectivity index (χ1v) is 11.0. The Labute approximate surface area is 186 Å². The molecule has 0 atom stereocenters. The van der Waals surface area contributed by atoms with Gasteiger partial charge in [-0.3, -0.25) is 0 Å². The van der Waals surface area contributed by atoms with E-state index in [2.05, 4.69) is 59.8 Å². The van der Waals surface area contributed by atoms with E-state index in [9.17, 15) is 5.11 Å². The average Bonchev–Trinajstić information content (AvgIpc) is 3.07. The second kappa shape index (κ2) is 9.35. The monoisotopic (exact) mass is 424 g/mol. The highest BCUT2D eigenvalue weighted by Gasteiger charge is 2.31. The highest BCUT2D eigenvalue weighted by Crippen LogP contribution is 2.42. The number of allylic oxidation sites excluding steroid dienone is 3. The molecule has 3 rings (SSSR count). The molecule has 1 aromatic carbocycles. The largest absolute Gasteiger partial charge is 0.515 e. The smallest absolute Gasteiger partial charge is 0.135 e. The number of hydrogen-bond acceptors (Lipinski definition) is 4. The van der Waals surface area contributed by atoms with Crippen LogP contribution < -0.4 is 0 Å². The number of furan rings is 1. The van der Waals surface area contributed by atoms with Gasteiger partial charge in [0, 0.05) is 11.0 Å². The fourth-order valence-electron chi connectivity index (χ4n) is 3.89. The lowest BCUT2D eigenvalue weighted by Gasteiger charge is -2.33. The quantitative estimate of drug-likeness (QED) is 0.373. The molecule has 31 heavy (non-hydrogen) atoms. The summed E-state index contributed by atoms with van der Waals surface area (Å²) in [5.41, 5.74) is 4.12. The summed E-state index contributed by atoms with van der Waals surface area (Å²) < 4.78 is 17.8. The Hall–Kier alpha value is -2.46. The Kier molecular flexibility index (Phi) is 7.00. The number of ether oxygens (including phenoxy) is 2. The van der Waals surface area contributed by atoms with Crippen LogP contribution >= 0.6 is 0 Å². The molecule has 0 saturated heterocycles. The zero-order valence-corrected chi connectivity index (χ0v) is 19.7. The number of fused-ring (bicyclic) bond motifs is 1. The van der Waals surface area contributed by atoms with E-state index in [1.54, 1.807) is 0 Å². The number of benzene rings is 1. The van der Waals surface area contributed by atoms with Crippen molar-refractivity contribution in [1.29, 1.82) is 0 Å². The van der Waals surface area contributed by atoms with Gasteiger partial charge >= 0.3 is 0 Å². The van der Waals surface area contributed by atoms with Gasteiger partial charge in [0.15, 0.2) is 0 Å². The molecular formula is C27H36O4. The number of aliphatic hydroxyl groups excluding tert-OH is 1. The van der Waals surface area contributed by atoms with Gasteiger partial charge in [0.05, 0.1) is 19.5 Å². The summed E-state index contributed by atoms with van der Waals surface area (Å²) in [6.07, 6.45) is 6.85. The zero-order chi connectivity index (χ0) is 22.6. The van der Waals surface area contributed by atoms with E-state index in [0.717, 1.165) is 46.5 Å². The molecular weight excluding hydrogens is 388 g/mol. The molecule has 0 amide bonds. The van der Waals surface area contributed by atoms with Crippen LogP contribution in [-0.4, -0.2) is 24.9 Å². The van der Waals surface area contributed by atoms with Crippen molar-refractivity contribution in [3.8, 4) is 0 Å². The van der Waals surface area contributed by atoms with E-state index in [1.165, 1.54) is 11.8 Å². The fourth-order valence-corrected chi connectivity index (χ4v) is 3.89. The van der Waals surface area contributed by atoms with Crippen molar-refractivity contribution in [2.45, 2.75) is 54.4 Å². The highest BCUT2D eigenvalue weighted by atomic mass is 16.5. The molecule has 0 bridgehead atoms. The standard InChI is InChI=1S/C27H36O4/c1-19-7-8-20-14-23(31-24(20)13-19)10-9-21-15-27(5,6)16-22(17-28)25(21)30-12-11-29-18-26(2,3)4/h7-10,13-14,17,28H,11-12,15-16,18H2,1-6H3/b10-9+,22-17+. The molecule has 4 nitrogen and oxygen atoms in total. The van der Waals surface area contributed by atoms with E-state index in [1.807, 2.05) is 18.2 Å². The van der Waals surface area contributed by atoms with E-state index >= 15 is 0 Å². The van der Waals surface area contributed by atoms with Crippen molar-refractivity contribution < 1.29 is 19.0 Å². The molecule has 1 aliphatic carbocycles. The van der Waals surface area contributed by atoms with Crippen LogP contribution in [-0.2, 0) is 9.47 Å². The molecule has 2 aromatic rings. The Bertz CT molecular complexity index is 996. The molecule has 0 radical (unpaired) electrons. The van der Waals surface area contributed by atoms with Gasteiger partial charge in [0.2, 0.25) is 0 Å². The average molecular weight is 425 g/mol. The third kappa shape index (κ3) is 6.51. The zero-order valence-electron chi connectivity index (χ0n) is 19.7. The minimum atomic E-state index is 0.0365. The van der Waals surface area contributed by atoms with Gasteiger partial charge in [-0.25, -0.2) is 0 Å². The molecule has 1 N–H and O–H groups in total. The summed E-state index contributed by atoms with van der Waals surface area (Å²) in [6, 6.07) is 8.26. The maximum Gasteiger partial charge on any atom is 0.135 e. The summed E-state index contributed by atoms with van der Waals surface area (Å²) in [5.74, 6) is 1.56. The van der Waals surface area contributed by atoms with Gasteiger partial charge in [0.1, 0.15) is 23.7 Å². The van der Waals surface area contributed by atoms with Gasteiger partial charge in [-0.15, -0.1) is 0 Å². The van der Waals surface area contributed by atoms with Crippen LogP contribution in [0.15, 0.2) is 57.9 Å². The highest BCUT2D eigenvalue weighted by molar-refractivity contribution is 5.80. The van der Waals surface area contributed by atoms with Crippen LogP contribution in [0, 0.1) is 17.8 Å². The molecule has 1 heterocycles. The maximum atomic E-state index is 9.88. The number of aliphatic hydroxyl groups is 1. The topological polar surface area (TPSA) is 51.8 Å². The van der Waals surface area contributed by atoms with E-state index in [4.69, 9.17) is 13.9 Å². The lowest BCUT2D eigenvalue weighted by atomic mass is 9.74. The first-order chi connectivity index (χ1) is 14.6. The number of aryl methyl sites for hydroxylation is 1. The molecule has 0 unspecified atom stereocenters. The third-order valence-electron chi connectivity index (χ3n) is 5.23. The molecule has 168 valence electrons. The van der Waals surface area contributed by atoms with E-state index in [0.29, 0.717) is 19.8 Å². The lowest BCUT2D eigenvalue weighted by Crippen LogP contribution is -2.22. The maximum absolute atomic E-state index is 9.88. The minimum Gasteiger partial charge on any atom is -0.515 e. The molecule has 0 fully saturated rings. The number of rotatable bonds is 7. The van der Waals surface area contributed by atoms with Crippen LogP contribution in [0.2, 0.25) is 0 Å². The van der Waals surface area contributed by atoms with Crippen molar-refractivity contribution in [3.63, 3.8) is 0 Å². The van der Waals surface area contributed by atoms with Crippen molar-refractivity contribution in [2.24, 2.45) is 10.8 Å². The second-order valence-corrected chi connectivity index (χ2v) is 10.5. The Morgan fingerprint density at radius 3 is 2.58 bits per heavy atom. The van der Waals surface area contributed by atoms with Crippen molar-refractivity contribution in [2.75, 3.05) is 19.8 Å². The fraction of sp³-hybridized carbons (Fsp3) is 0.481. The van der Waals surface area contributed by atoms with Crippen LogP contribution in [0.1, 0.15) is 58.8 Å². The van der Waals surface area contributed by atoms with Gasteiger partial charge < -0.3 is 19.0 Å². The van der Waals surface area contributed by atoms with Crippen molar-refractivity contribution in [1.82, 2.24) is 0 Å². The summed E-state index contributed by atoms with van der Waals surface area (Å²) in [6.45, 7) is 14.6. The second-order valence-electron chi connectivity index (χ2n) is 10.5. The summed E-state index contributed by atoms with van der Waals surface area (Å²) >= 11 is 0. The lowest BCUT2D eigenvalue weighted by molar-refractivity contribution is 0.0362. The molecule has 1 aromatic heterocycles. The Balaban J connectivity index is 1.80. The minimum absolute atomic E-state index is 0.0365. The molecule has 0 spiro atoms. The summed E-state index contributed by atoms with van der Waals surface area (Å²) in [5, 5.41) is 11.0. The van der Waals surface area contributed by atoms with E-state index < -0.39 is 0 Å². The Morgan fingerprint density at radius 1 is 1.10 bits per heavy atom. The molecule has 4 heteroatoms.